The van der Waals surface area contributed by atoms with E-state index in [-0.39, 0.29) is 11.2 Å². The van der Waals surface area contributed by atoms with Crippen molar-refractivity contribution in [3.8, 4) is 17.1 Å². The molecule has 0 amide bonds. The van der Waals surface area contributed by atoms with Crippen LogP contribution in [0.15, 0.2) is 28.8 Å². The SMILES string of the molecule is COc1ccc(C(C)(C)C)cc1-c1cc(C(C)=O)no1. The third-order valence-electron chi connectivity index (χ3n) is 3.20. The van der Waals surface area contributed by atoms with Crippen LogP contribution in [0.5, 0.6) is 5.75 Å². The largest absolute Gasteiger partial charge is 0.496 e. The normalized spacial score (nSPS) is 11.4. The Morgan fingerprint density at radius 1 is 1.25 bits per heavy atom. The molecule has 2 aromatic rings. The lowest BCUT2D eigenvalue weighted by Crippen LogP contribution is -2.11. The maximum absolute atomic E-state index is 11.3. The molecule has 20 heavy (non-hydrogen) atoms. The summed E-state index contributed by atoms with van der Waals surface area (Å²) in [5.41, 5.74) is 2.31. The third kappa shape index (κ3) is 2.74. The zero-order chi connectivity index (χ0) is 14.9. The molecule has 2 rings (SSSR count). The first-order chi connectivity index (χ1) is 9.32. The van der Waals surface area contributed by atoms with Gasteiger partial charge in [-0.15, -0.1) is 0 Å². The maximum atomic E-state index is 11.3. The number of benzene rings is 1. The van der Waals surface area contributed by atoms with Crippen molar-refractivity contribution in [3.63, 3.8) is 0 Å². The summed E-state index contributed by atoms with van der Waals surface area (Å²) in [7, 11) is 1.61. The van der Waals surface area contributed by atoms with Crippen LogP contribution >= 0.6 is 0 Å². The number of rotatable bonds is 3. The Morgan fingerprint density at radius 2 is 1.95 bits per heavy atom. The van der Waals surface area contributed by atoms with Crippen molar-refractivity contribution >= 4 is 5.78 Å². The van der Waals surface area contributed by atoms with Crippen molar-refractivity contribution in [1.29, 1.82) is 0 Å². The lowest BCUT2D eigenvalue weighted by atomic mass is 9.86. The van der Waals surface area contributed by atoms with Gasteiger partial charge in [-0.1, -0.05) is 32.0 Å². The minimum absolute atomic E-state index is 0.0183. The van der Waals surface area contributed by atoms with Crippen LogP contribution in [0.3, 0.4) is 0 Å². The van der Waals surface area contributed by atoms with Gasteiger partial charge in [-0.05, 0) is 23.1 Å². The van der Waals surface area contributed by atoms with Crippen molar-refractivity contribution in [3.05, 3.63) is 35.5 Å². The molecule has 0 bridgehead atoms. The molecule has 0 fully saturated rings. The van der Waals surface area contributed by atoms with Crippen molar-refractivity contribution in [1.82, 2.24) is 5.16 Å². The molecular formula is C16H19NO3. The highest BCUT2D eigenvalue weighted by Gasteiger charge is 2.19. The van der Waals surface area contributed by atoms with Gasteiger partial charge in [0.1, 0.15) is 11.4 Å². The van der Waals surface area contributed by atoms with Crippen molar-refractivity contribution in [2.24, 2.45) is 0 Å². The number of ketones is 1. The molecule has 0 N–H and O–H groups in total. The van der Waals surface area contributed by atoms with E-state index in [9.17, 15) is 4.79 Å². The first-order valence-electron chi connectivity index (χ1n) is 6.49. The van der Waals surface area contributed by atoms with E-state index >= 15 is 0 Å². The van der Waals surface area contributed by atoms with E-state index in [1.807, 2.05) is 18.2 Å². The Morgan fingerprint density at radius 3 is 2.45 bits per heavy atom. The molecule has 1 aromatic heterocycles. The van der Waals surface area contributed by atoms with Gasteiger partial charge in [0.2, 0.25) is 0 Å². The number of Topliss-reactive ketones (excluding diaryl/α,β-unsaturated/α-hetero) is 1. The topological polar surface area (TPSA) is 52.3 Å². The molecule has 0 radical (unpaired) electrons. The highest BCUT2D eigenvalue weighted by molar-refractivity contribution is 5.93. The van der Waals surface area contributed by atoms with E-state index in [0.717, 1.165) is 11.1 Å². The van der Waals surface area contributed by atoms with Crippen molar-refractivity contribution in [2.75, 3.05) is 7.11 Å². The van der Waals surface area contributed by atoms with Gasteiger partial charge in [0.05, 0.1) is 12.7 Å². The van der Waals surface area contributed by atoms with Gasteiger partial charge in [-0.2, -0.15) is 0 Å². The smallest absolute Gasteiger partial charge is 0.181 e. The molecule has 0 aliphatic heterocycles. The molecule has 0 aliphatic carbocycles. The van der Waals surface area contributed by atoms with E-state index in [2.05, 4.69) is 25.9 Å². The second-order valence-corrected chi connectivity index (χ2v) is 5.80. The Hall–Kier alpha value is -2.10. The molecular weight excluding hydrogens is 254 g/mol. The molecule has 1 aromatic carbocycles. The fourth-order valence-corrected chi connectivity index (χ4v) is 1.94. The van der Waals surface area contributed by atoms with Crippen molar-refractivity contribution < 1.29 is 14.1 Å². The highest BCUT2D eigenvalue weighted by Crippen LogP contribution is 2.35. The molecule has 4 heteroatoms. The molecule has 0 atom stereocenters. The lowest BCUT2D eigenvalue weighted by molar-refractivity contribution is 0.100. The van der Waals surface area contributed by atoms with Crippen LogP contribution in [0, 0.1) is 0 Å². The Balaban J connectivity index is 2.55. The fraction of sp³-hybridized carbons (Fsp3) is 0.375. The van der Waals surface area contributed by atoms with Gasteiger partial charge >= 0.3 is 0 Å². The summed E-state index contributed by atoms with van der Waals surface area (Å²) < 4.78 is 10.6. The van der Waals surface area contributed by atoms with Crippen LogP contribution in [0.25, 0.3) is 11.3 Å². The third-order valence-corrected chi connectivity index (χ3v) is 3.20. The number of ether oxygens (including phenoxy) is 1. The zero-order valence-electron chi connectivity index (χ0n) is 12.5. The number of carbonyl (C=O) groups is 1. The summed E-state index contributed by atoms with van der Waals surface area (Å²) in [6, 6.07) is 7.60. The summed E-state index contributed by atoms with van der Waals surface area (Å²) in [4.78, 5) is 11.3. The van der Waals surface area contributed by atoms with E-state index in [1.54, 1.807) is 13.2 Å². The monoisotopic (exact) mass is 273 g/mol. The molecule has 0 saturated heterocycles. The Kier molecular flexibility index (Phi) is 3.66. The Labute approximate surface area is 118 Å². The Bertz CT molecular complexity index is 635. The van der Waals surface area contributed by atoms with Gasteiger partial charge in [-0.3, -0.25) is 4.79 Å². The van der Waals surface area contributed by atoms with Gasteiger partial charge < -0.3 is 9.26 Å². The number of aromatic nitrogens is 1. The molecule has 4 nitrogen and oxygen atoms in total. The number of carbonyl (C=O) groups excluding carboxylic acids is 1. The van der Waals surface area contributed by atoms with Gasteiger partial charge in [0, 0.05) is 13.0 Å². The first-order valence-corrected chi connectivity index (χ1v) is 6.49. The summed E-state index contributed by atoms with van der Waals surface area (Å²) >= 11 is 0. The quantitative estimate of drug-likeness (QED) is 0.797. The minimum Gasteiger partial charge on any atom is -0.496 e. The second kappa shape index (κ2) is 5.12. The summed E-state index contributed by atoms with van der Waals surface area (Å²) in [5.74, 6) is 1.12. The molecule has 0 aliphatic rings. The van der Waals surface area contributed by atoms with Crippen molar-refractivity contribution in [2.45, 2.75) is 33.1 Å². The van der Waals surface area contributed by atoms with Crippen LogP contribution in [0.2, 0.25) is 0 Å². The van der Waals surface area contributed by atoms with Crippen LogP contribution in [0.4, 0.5) is 0 Å². The maximum Gasteiger partial charge on any atom is 0.181 e. The van der Waals surface area contributed by atoms with E-state index < -0.39 is 0 Å². The van der Waals surface area contributed by atoms with E-state index in [4.69, 9.17) is 9.26 Å². The average Bonchev–Trinajstić information content (AvgIpc) is 2.86. The van der Waals surface area contributed by atoms with Gasteiger partial charge in [0.25, 0.3) is 0 Å². The molecule has 0 spiro atoms. The van der Waals surface area contributed by atoms with Crippen LogP contribution in [-0.2, 0) is 5.41 Å². The number of methoxy groups -OCH3 is 1. The zero-order valence-corrected chi connectivity index (χ0v) is 12.5. The molecule has 0 unspecified atom stereocenters. The van der Waals surface area contributed by atoms with Crippen LogP contribution in [0.1, 0.15) is 43.7 Å². The summed E-state index contributed by atoms with van der Waals surface area (Å²) in [5, 5.41) is 3.78. The molecule has 1 heterocycles. The predicted octanol–water partition coefficient (Wildman–Crippen LogP) is 3.85. The van der Waals surface area contributed by atoms with Gasteiger partial charge in [-0.25, -0.2) is 0 Å². The first kappa shape index (κ1) is 14.3. The summed E-state index contributed by atoms with van der Waals surface area (Å²) in [6.45, 7) is 7.88. The van der Waals surface area contributed by atoms with Crippen LogP contribution < -0.4 is 4.74 Å². The second-order valence-electron chi connectivity index (χ2n) is 5.80. The predicted molar refractivity (Wildman–Crippen MR) is 77.2 cm³/mol. The fourth-order valence-electron chi connectivity index (χ4n) is 1.94. The van der Waals surface area contributed by atoms with Gasteiger partial charge in [0.15, 0.2) is 11.5 Å². The minimum atomic E-state index is -0.119. The van der Waals surface area contributed by atoms with Crippen LogP contribution in [-0.4, -0.2) is 18.0 Å². The number of nitrogens with zero attached hydrogens (tertiary/aromatic N) is 1. The highest BCUT2D eigenvalue weighted by atomic mass is 16.5. The molecule has 106 valence electrons. The lowest BCUT2D eigenvalue weighted by Gasteiger charge is -2.20. The summed E-state index contributed by atoms with van der Waals surface area (Å²) in [6.07, 6.45) is 0. The molecule has 0 saturated carbocycles. The van der Waals surface area contributed by atoms with E-state index in [0.29, 0.717) is 17.2 Å². The standard InChI is InChI=1S/C16H19NO3/c1-10(18)13-9-15(20-17-13)12-8-11(16(2,3)4)6-7-14(12)19-5/h6-9H,1-5H3. The number of hydrogen-bond donors (Lipinski definition) is 0. The van der Waals surface area contributed by atoms with E-state index in [1.165, 1.54) is 6.92 Å². The number of hydrogen-bond acceptors (Lipinski definition) is 4. The average molecular weight is 273 g/mol.